The fourth-order valence-electron chi connectivity index (χ4n) is 1.19. The summed E-state index contributed by atoms with van der Waals surface area (Å²) in [6.07, 6.45) is -5.61. The van der Waals surface area contributed by atoms with E-state index in [1.807, 2.05) is 0 Å². The first-order valence-electron chi connectivity index (χ1n) is 4.03. The van der Waals surface area contributed by atoms with E-state index in [0.717, 1.165) is 0 Å². The van der Waals surface area contributed by atoms with Crippen LogP contribution in [0.3, 0.4) is 0 Å². The van der Waals surface area contributed by atoms with E-state index in [1.54, 1.807) is 0 Å². The number of carbonyl (C=O) groups is 1. The number of ketones is 1. The molecule has 8 heteroatoms. The van der Waals surface area contributed by atoms with Gasteiger partial charge >= 0.3 is 6.18 Å². The smallest absolute Gasteiger partial charge is 0.294 e. The van der Waals surface area contributed by atoms with Gasteiger partial charge in [-0.3, -0.25) is 4.79 Å². The first kappa shape index (κ1) is 13.5. The predicted octanol–water partition coefficient (Wildman–Crippen LogP) is 3.46. The highest BCUT2D eigenvalue weighted by Gasteiger charge is 2.42. The van der Waals surface area contributed by atoms with Crippen molar-refractivity contribution in [3.63, 3.8) is 0 Å². The van der Waals surface area contributed by atoms with Gasteiger partial charge < -0.3 is 0 Å². The Hall–Kier alpha value is -1.60. The van der Waals surface area contributed by atoms with E-state index in [2.05, 4.69) is 0 Å². The van der Waals surface area contributed by atoms with Crippen LogP contribution >= 0.6 is 0 Å². The highest BCUT2D eigenvalue weighted by Crippen LogP contribution is 2.36. The van der Waals surface area contributed by atoms with Gasteiger partial charge in [-0.1, -0.05) is 0 Å². The summed E-state index contributed by atoms with van der Waals surface area (Å²) in [4.78, 5) is 10.7. The zero-order valence-corrected chi connectivity index (χ0v) is 8.05. The summed E-state index contributed by atoms with van der Waals surface area (Å²) in [5.74, 6) is -11.4. The van der Waals surface area contributed by atoms with Crippen LogP contribution in [-0.2, 0) is 6.18 Å². The average Bonchev–Trinajstić information content (AvgIpc) is 2.12. The number of rotatable bonds is 1. The molecule has 0 fully saturated rings. The number of carbonyl (C=O) groups excluding carboxylic acids is 1. The summed E-state index contributed by atoms with van der Waals surface area (Å²) in [6.45, 7) is 0.563. The van der Waals surface area contributed by atoms with E-state index < -0.39 is 46.4 Å². The molecule has 0 bridgehead atoms. The monoisotopic (exact) mass is 260 g/mol. The Morgan fingerprint density at radius 2 is 1.24 bits per heavy atom. The lowest BCUT2D eigenvalue weighted by molar-refractivity contribution is -0.143. The Labute approximate surface area is 89.8 Å². The molecule has 0 atom stereocenters. The summed E-state index contributed by atoms with van der Waals surface area (Å²) in [5.41, 5.74) is -4.37. The summed E-state index contributed by atoms with van der Waals surface area (Å²) in [7, 11) is 0. The number of alkyl halides is 3. The van der Waals surface area contributed by atoms with E-state index in [1.165, 1.54) is 0 Å². The number of hydrogen-bond acceptors (Lipinski definition) is 1. The molecule has 0 heterocycles. The van der Waals surface area contributed by atoms with Gasteiger partial charge in [0.05, 0.1) is 5.56 Å². The standard InChI is InChI=1S/C9H3F7O/c1-2(17)3-5(10)7(12)4(9(14,15)16)8(13)6(3)11/h1H3. The Kier molecular flexibility index (Phi) is 3.17. The van der Waals surface area contributed by atoms with Crippen molar-refractivity contribution in [2.24, 2.45) is 0 Å². The van der Waals surface area contributed by atoms with Crippen molar-refractivity contribution in [3.05, 3.63) is 34.4 Å². The minimum absolute atomic E-state index is 0.563. The molecule has 1 aromatic rings. The van der Waals surface area contributed by atoms with Gasteiger partial charge in [-0.15, -0.1) is 0 Å². The van der Waals surface area contributed by atoms with E-state index in [4.69, 9.17) is 0 Å². The molecule has 0 N–H and O–H groups in total. The molecule has 0 spiro atoms. The van der Waals surface area contributed by atoms with E-state index in [9.17, 15) is 35.5 Å². The van der Waals surface area contributed by atoms with Gasteiger partial charge in [-0.2, -0.15) is 13.2 Å². The number of hydrogen-bond donors (Lipinski definition) is 0. The van der Waals surface area contributed by atoms with Crippen molar-refractivity contribution in [3.8, 4) is 0 Å². The minimum Gasteiger partial charge on any atom is -0.294 e. The highest BCUT2D eigenvalue weighted by molar-refractivity contribution is 5.94. The number of benzene rings is 1. The fraction of sp³-hybridized carbons (Fsp3) is 0.222. The molecule has 0 unspecified atom stereocenters. The van der Waals surface area contributed by atoms with Crippen LogP contribution in [0.1, 0.15) is 22.8 Å². The second kappa shape index (κ2) is 4.01. The van der Waals surface area contributed by atoms with Crippen molar-refractivity contribution in [1.82, 2.24) is 0 Å². The molecule has 1 aromatic carbocycles. The number of halogens is 7. The van der Waals surface area contributed by atoms with E-state index >= 15 is 0 Å². The Bertz CT molecular complexity index is 460. The SMILES string of the molecule is CC(=O)c1c(F)c(F)c(C(F)(F)F)c(F)c1F. The minimum atomic E-state index is -5.61. The largest absolute Gasteiger partial charge is 0.422 e. The molecule has 0 aliphatic heterocycles. The maximum atomic E-state index is 13.0. The molecule has 1 rings (SSSR count). The third-order valence-electron chi connectivity index (χ3n) is 1.90. The molecule has 0 saturated carbocycles. The molecule has 0 amide bonds. The van der Waals surface area contributed by atoms with Crippen molar-refractivity contribution >= 4 is 5.78 Å². The quantitative estimate of drug-likeness (QED) is 0.429. The second-order valence-corrected chi connectivity index (χ2v) is 3.06. The lowest BCUT2D eigenvalue weighted by atomic mass is 10.0. The van der Waals surface area contributed by atoms with Crippen LogP contribution in [0.25, 0.3) is 0 Å². The molecule has 0 aromatic heterocycles. The third kappa shape index (κ3) is 2.11. The summed E-state index contributed by atoms with van der Waals surface area (Å²) >= 11 is 0. The maximum Gasteiger partial charge on any atom is 0.422 e. The molecule has 0 aliphatic carbocycles. The summed E-state index contributed by atoms with van der Waals surface area (Å²) < 4.78 is 88.1. The molecule has 94 valence electrons. The summed E-state index contributed by atoms with van der Waals surface area (Å²) in [6, 6.07) is 0. The van der Waals surface area contributed by atoms with Crippen LogP contribution in [-0.4, -0.2) is 5.78 Å². The van der Waals surface area contributed by atoms with Crippen LogP contribution < -0.4 is 0 Å². The predicted molar refractivity (Wildman–Crippen MR) is 41.3 cm³/mol. The van der Waals surface area contributed by atoms with Crippen LogP contribution in [0.5, 0.6) is 0 Å². The van der Waals surface area contributed by atoms with Crippen LogP contribution in [0, 0.1) is 23.3 Å². The van der Waals surface area contributed by atoms with Gasteiger partial charge in [0, 0.05) is 0 Å². The lowest BCUT2D eigenvalue weighted by Crippen LogP contribution is -2.18. The Morgan fingerprint density at radius 1 is 0.882 bits per heavy atom. The average molecular weight is 260 g/mol. The normalized spacial score (nSPS) is 11.8. The van der Waals surface area contributed by atoms with E-state index in [0.29, 0.717) is 6.92 Å². The number of Topliss-reactive ketones (excluding diaryl/α,β-unsaturated/α-hetero) is 1. The topological polar surface area (TPSA) is 17.1 Å². The highest BCUT2D eigenvalue weighted by atomic mass is 19.4. The van der Waals surface area contributed by atoms with Crippen molar-refractivity contribution in [2.45, 2.75) is 13.1 Å². The van der Waals surface area contributed by atoms with E-state index in [-0.39, 0.29) is 0 Å². The van der Waals surface area contributed by atoms with Gasteiger partial charge in [0.1, 0.15) is 5.56 Å². The van der Waals surface area contributed by atoms with Crippen LogP contribution in [0.4, 0.5) is 30.7 Å². The molecule has 0 saturated heterocycles. The van der Waals surface area contributed by atoms with Crippen molar-refractivity contribution < 1.29 is 35.5 Å². The summed E-state index contributed by atoms with van der Waals surface area (Å²) in [5, 5.41) is 0. The van der Waals surface area contributed by atoms with Gasteiger partial charge in [0.15, 0.2) is 29.1 Å². The lowest BCUT2D eigenvalue weighted by Gasteiger charge is -2.12. The van der Waals surface area contributed by atoms with Gasteiger partial charge in [0.25, 0.3) is 0 Å². The Balaban J connectivity index is 3.77. The second-order valence-electron chi connectivity index (χ2n) is 3.06. The first-order valence-corrected chi connectivity index (χ1v) is 4.03. The Morgan fingerprint density at radius 3 is 1.47 bits per heavy atom. The van der Waals surface area contributed by atoms with Crippen molar-refractivity contribution in [1.29, 1.82) is 0 Å². The molecule has 0 radical (unpaired) electrons. The molecular formula is C9H3F7O. The molecular weight excluding hydrogens is 257 g/mol. The van der Waals surface area contributed by atoms with Crippen LogP contribution in [0.2, 0.25) is 0 Å². The molecule has 0 aliphatic rings. The first-order chi connectivity index (χ1) is 7.59. The third-order valence-corrected chi connectivity index (χ3v) is 1.90. The van der Waals surface area contributed by atoms with Gasteiger partial charge in [-0.05, 0) is 6.92 Å². The molecule has 17 heavy (non-hydrogen) atoms. The molecule has 1 nitrogen and oxygen atoms in total. The van der Waals surface area contributed by atoms with Crippen LogP contribution in [0.15, 0.2) is 0 Å². The fourth-order valence-corrected chi connectivity index (χ4v) is 1.19. The van der Waals surface area contributed by atoms with Gasteiger partial charge in [-0.25, -0.2) is 17.6 Å². The zero-order chi connectivity index (χ0) is 13.5. The zero-order valence-electron chi connectivity index (χ0n) is 8.05. The van der Waals surface area contributed by atoms with Crippen molar-refractivity contribution in [2.75, 3.05) is 0 Å². The van der Waals surface area contributed by atoms with Gasteiger partial charge in [0.2, 0.25) is 0 Å². The maximum absolute atomic E-state index is 13.0.